The van der Waals surface area contributed by atoms with Gasteiger partial charge in [0.15, 0.2) is 13.9 Å². The molecule has 0 radical (unpaired) electrons. The molecule has 1 saturated heterocycles. The molecule has 2 aliphatic heterocycles. The number of amides is 1. The van der Waals surface area contributed by atoms with Crippen LogP contribution in [0, 0.1) is 5.92 Å². The molecule has 4 atom stereocenters. The largest absolute Gasteiger partial charge is 0.497 e. The van der Waals surface area contributed by atoms with Crippen molar-refractivity contribution in [2.24, 2.45) is 5.92 Å². The second kappa shape index (κ2) is 11.7. The van der Waals surface area contributed by atoms with Crippen LogP contribution in [0.1, 0.15) is 43.9 Å². The zero-order valence-electron chi connectivity index (χ0n) is 23.4. The lowest BCUT2D eigenvalue weighted by Gasteiger charge is -2.32. The van der Waals surface area contributed by atoms with Gasteiger partial charge in [-0.15, -0.1) is 5.10 Å². The summed E-state index contributed by atoms with van der Waals surface area (Å²) in [5, 5.41) is 17.4. The molecule has 1 aromatic heterocycles. The van der Waals surface area contributed by atoms with Crippen LogP contribution in [0.4, 0.5) is 5.69 Å². The lowest BCUT2D eigenvalue weighted by molar-refractivity contribution is -0.146. The number of carbonyl (C=O) groups is 2. The summed E-state index contributed by atoms with van der Waals surface area (Å²) >= 11 is 0. The fraction of sp³-hybridized carbons (Fsp3) is 0.630. The number of esters is 1. The first kappa shape index (κ1) is 29.2. The molecule has 1 fully saturated rings. The Kier molecular flexibility index (Phi) is 8.79. The van der Waals surface area contributed by atoms with E-state index in [4.69, 9.17) is 14.2 Å². The van der Waals surface area contributed by atoms with Crippen LogP contribution in [0.5, 0.6) is 5.75 Å². The number of hydrogen-bond acceptors (Lipinski definition) is 9. The number of aryl methyl sites for hydroxylation is 1. The first-order valence-electron chi connectivity index (χ1n) is 13.5. The van der Waals surface area contributed by atoms with Crippen LogP contribution in [0.15, 0.2) is 24.4 Å². The van der Waals surface area contributed by atoms with E-state index in [-0.39, 0.29) is 36.0 Å². The molecular weight excluding hydrogens is 520 g/mol. The summed E-state index contributed by atoms with van der Waals surface area (Å²) in [6, 6.07) is 5.60. The van der Waals surface area contributed by atoms with Crippen LogP contribution in [0.2, 0.25) is 18.6 Å². The molecule has 39 heavy (non-hydrogen) atoms. The Bertz CT molecular complexity index is 1180. The fourth-order valence-electron chi connectivity index (χ4n) is 6.25. The zero-order chi connectivity index (χ0) is 28.4. The van der Waals surface area contributed by atoms with Crippen molar-refractivity contribution in [1.82, 2.24) is 15.0 Å². The number of methoxy groups -OCH3 is 2. The summed E-state index contributed by atoms with van der Waals surface area (Å²) in [5.41, 5.74) is 0.772. The van der Waals surface area contributed by atoms with Crippen LogP contribution < -0.4 is 9.64 Å². The number of ether oxygens (including phenoxy) is 3. The highest BCUT2D eigenvalue weighted by atomic mass is 28.4. The SMILES string of the molecule is COC(=O)CCCCN1C(=O)[C@@]2(O[C@@H](CCn3cc(CCO)nn3)[C@H]([Si](C)(C)O)[C@H]2C)c2cc(OC)ccc21. The highest BCUT2D eigenvalue weighted by Crippen LogP contribution is 2.60. The van der Waals surface area contributed by atoms with E-state index < -0.39 is 13.9 Å². The van der Waals surface area contributed by atoms with Gasteiger partial charge in [0.25, 0.3) is 5.91 Å². The Labute approximate surface area is 230 Å². The summed E-state index contributed by atoms with van der Waals surface area (Å²) < 4.78 is 18.8. The van der Waals surface area contributed by atoms with Gasteiger partial charge < -0.3 is 29.0 Å². The Balaban J connectivity index is 1.64. The van der Waals surface area contributed by atoms with Crippen molar-refractivity contribution in [1.29, 1.82) is 0 Å². The minimum absolute atomic E-state index is 0.00100. The highest BCUT2D eigenvalue weighted by molar-refractivity contribution is 6.71. The molecule has 2 aromatic rings. The normalized spacial score (nSPS) is 24.4. The Morgan fingerprint density at radius 1 is 1.23 bits per heavy atom. The first-order valence-corrected chi connectivity index (χ1v) is 16.6. The second-order valence-electron chi connectivity index (χ2n) is 11.0. The van der Waals surface area contributed by atoms with Crippen molar-refractivity contribution in [3.63, 3.8) is 0 Å². The first-order chi connectivity index (χ1) is 18.6. The number of aromatic nitrogens is 3. The van der Waals surface area contributed by atoms with Crippen molar-refractivity contribution in [3.8, 4) is 5.75 Å². The van der Waals surface area contributed by atoms with Crippen LogP contribution in [-0.4, -0.2) is 78.6 Å². The quantitative estimate of drug-likeness (QED) is 0.228. The smallest absolute Gasteiger partial charge is 0.305 e. The van der Waals surface area contributed by atoms with Crippen LogP contribution in [-0.2, 0) is 37.6 Å². The third kappa shape index (κ3) is 5.60. The molecule has 3 heterocycles. The maximum atomic E-state index is 14.3. The Hall–Kier alpha value is -2.80. The van der Waals surface area contributed by atoms with Gasteiger partial charge >= 0.3 is 5.97 Å². The van der Waals surface area contributed by atoms with E-state index in [2.05, 4.69) is 10.3 Å². The minimum Gasteiger partial charge on any atom is -0.497 e. The van der Waals surface area contributed by atoms with E-state index in [0.29, 0.717) is 56.6 Å². The molecular formula is C27H40N4O7Si. The Morgan fingerprint density at radius 2 is 2.00 bits per heavy atom. The number of benzene rings is 1. The van der Waals surface area contributed by atoms with Gasteiger partial charge in [0.2, 0.25) is 0 Å². The molecule has 2 aliphatic rings. The molecule has 0 unspecified atom stereocenters. The second-order valence-corrected chi connectivity index (χ2v) is 14.9. The number of aliphatic hydroxyl groups is 1. The fourth-order valence-corrected chi connectivity index (χ4v) is 8.86. The number of aliphatic hydroxyl groups excluding tert-OH is 1. The molecule has 2 N–H and O–H groups in total. The van der Waals surface area contributed by atoms with E-state index in [1.54, 1.807) is 22.9 Å². The lowest BCUT2D eigenvalue weighted by Crippen LogP contribution is -2.46. The summed E-state index contributed by atoms with van der Waals surface area (Å²) in [6.45, 7) is 6.75. The van der Waals surface area contributed by atoms with Gasteiger partial charge in [0.05, 0.1) is 31.7 Å². The van der Waals surface area contributed by atoms with Gasteiger partial charge in [-0.1, -0.05) is 12.1 Å². The summed E-state index contributed by atoms with van der Waals surface area (Å²) in [6.07, 6.45) is 3.93. The third-order valence-electron chi connectivity index (χ3n) is 8.03. The van der Waals surface area contributed by atoms with Gasteiger partial charge in [-0.05, 0) is 50.6 Å². The number of hydrogen-bond donors (Lipinski definition) is 2. The molecule has 4 rings (SSSR count). The van der Waals surface area contributed by atoms with E-state index in [0.717, 1.165) is 11.3 Å². The maximum absolute atomic E-state index is 14.3. The van der Waals surface area contributed by atoms with Crippen LogP contribution in [0.25, 0.3) is 0 Å². The van der Waals surface area contributed by atoms with E-state index in [9.17, 15) is 19.5 Å². The van der Waals surface area contributed by atoms with Gasteiger partial charge in [0.1, 0.15) is 5.75 Å². The van der Waals surface area contributed by atoms with Crippen molar-refractivity contribution in [2.45, 2.75) is 75.9 Å². The van der Waals surface area contributed by atoms with Crippen molar-refractivity contribution in [3.05, 3.63) is 35.7 Å². The molecule has 12 heteroatoms. The molecule has 1 spiro atoms. The number of fused-ring (bicyclic) bond motifs is 2. The van der Waals surface area contributed by atoms with E-state index >= 15 is 0 Å². The van der Waals surface area contributed by atoms with Crippen LogP contribution in [0.3, 0.4) is 0 Å². The average Bonchev–Trinajstić information content (AvgIpc) is 3.54. The highest BCUT2D eigenvalue weighted by Gasteiger charge is 2.66. The molecule has 0 saturated carbocycles. The molecule has 11 nitrogen and oxygen atoms in total. The number of carbonyl (C=O) groups excluding carboxylic acids is 2. The third-order valence-corrected chi connectivity index (χ3v) is 10.5. The molecule has 0 aliphatic carbocycles. The number of unbranched alkanes of at least 4 members (excludes halogenated alkanes) is 1. The molecule has 214 valence electrons. The van der Waals surface area contributed by atoms with Gasteiger partial charge in [-0.2, -0.15) is 0 Å². The van der Waals surface area contributed by atoms with Gasteiger partial charge in [-0.3, -0.25) is 14.3 Å². The van der Waals surface area contributed by atoms with Gasteiger partial charge in [0, 0.05) is 55.8 Å². The average molecular weight is 561 g/mol. The monoisotopic (exact) mass is 560 g/mol. The zero-order valence-corrected chi connectivity index (χ0v) is 24.4. The summed E-state index contributed by atoms with van der Waals surface area (Å²) in [7, 11) is 0.171. The minimum atomic E-state index is -2.79. The topological polar surface area (TPSA) is 136 Å². The molecule has 1 aromatic carbocycles. The number of anilines is 1. The number of rotatable bonds is 12. The van der Waals surface area contributed by atoms with E-state index in [1.165, 1.54) is 7.11 Å². The molecule has 0 bridgehead atoms. The molecule has 1 amide bonds. The number of nitrogens with zero attached hydrogens (tertiary/aromatic N) is 4. The van der Waals surface area contributed by atoms with Crippen molar-refractivity contribution >= 4 is 25.9 Å². The maximum Gasteiger partial charge on any atom is 0.305 e. The van der Waals surface area contributed by atoms with Crippen molar-refractivity contribution in [2.75, 3.05) is 32.3 Å². The summed E-state index contributed by atoms with van der Waals surface area (Å²) in [4.78, 5) is 39.1. The lowest BCUT2D eigenvalue weighted by atomic mass is 9.82. The van der Waals surface area contributed by atoms with Crippen molar-refractivity contribution < 1.29 is 33.7 Å². The standard InChI is InChI=1S/C27H40N4O7Si/c1-18-25(39(4,5)35)23(11-14-30-17-19(12-15-32)28-29-30)38-27(18)21-16-20(36-2)9-10-22(21)31(26(27)34)13-7-6-8-24(33)37-3/h9-10,16-18,23,25,32,35H,6-8,11-15H2,1-5H3/t18-,23+,25-,27+/m1/s1. The Morgan fingerprint density at radius 3 is 2.67 bits per heavy atom. The summed E-state index contributed by atoms with van der Waals surface area (Å²) in [5.74, 6) is -0.0704. The van der Waals surface area contributed by atoms with Crippen LogP contribution >= 0.6 is 0 Å². The van der Waals surface area contributed by atoms with E-state index in [1.807, 2.05) is 38.2 Å². The van der Waals surface area contributed by atoms with Gasteiger partial charge in [-0.25, -0.2) is 0 Å². The predicted octanol–water partition coefficient (Wildman–Crippen LogP) is 2.40. The predicted molar refractivity (Wildman–Crippen MR) is 146 cm³/mol.